The molecule has 104 valence electrons. The van der Waals surface area contributed by atoms with E-state index in [-0.39, 0.29) is 13.2 Å². The molecule has 2 N–H and O–H groups in total. The summed E-state index contributed by atoms with van der Waals surface area (Å²) in [6.45, 7) is 2.10. The second-order valence-electron chi connectivity index (χ2n) is 4.45. The van der Waals surface area contributed by atoms with Gasteiger partial charge in [0.15, 0.2) is 6.61 Å². The van der Waals surface area contributed by atoms with Crippen LogP contribution in [-0.4, -0.2) is 12.6 Å². The largest absolute Gasteiger partial charge is 0.482 e. The quantitative estimate of drug-likeness (QED) is 0.671. The second kappa shape index (κ2) is 6.61. The van der Waals surface area contributed by atoms with Gasteiger partial charge in [-0.25, -0.2) is 4.79 Å². The fourth-order valence-corrected chi connectivity index (χ4v) is 1.72. The number of ether oxygens (including phenoxy) is 2. The lowest BCUT2D eigenvalue weighted by Gasteiger charge is -2.09. The van der Waals surface area contributed by atoms with Crippen LogP contribution in [0.5, 0.6) is 5.75 Å². The first-order valence-electron chi connectivity index (χ1n) is 6.33. The summed E-state index contributed by atoms with van der Waals surface area (Å²) in [6, 6.07) is 14.7. The number of aryl methyl sites for hydroxylation is 1. The van der Waals surface area contributed by atoms with Crippen molar-refractivity contribution in [2.75, 3.05) is 12.3 Å². The first-order chi connectivity index (χ1) is 9.65. The van der Waals surface area contributed by atoms with Crippen molar-refractivity contribution in [1.29, 1.82) is 0 Å². The van der Waals surface area contributed by atoms with Crippen LogP contribution in [0.1, 0.15) is 11.1 Å². The molecule has 0 amide bonds. The van der Waals surface area contributed by atoms with Gasteiger partial charge in [0.1, 0.15) is 12.4 Å². The Balaban J connectivity index is 1.80. The van der Waals surface area contributed by atoms with Crippen LogP contribution in [-0.2, 0) is 16.1 Å². The van der Waals surface area contributed by atoms with E-state index in [1.54, 1.807) is 24.3 Å². The normalized spacial score (nSPS) is 10.1. The molecular weight excluding hydrogens is 254 g/mol. The molecule has 2 aromatic carbocycles. The molecule has 0 fully saturated rings. The minimum absolute atomic E-state index is 0.130. The Morgan fingerprint density at radius 1 is 1.15 bits per heavy atom. The van der Waals surface area contributed by atoms with Crippen LogP contribution in [0.2, 0.25) is 0 Å². The second-order valence-corrected chi connectivity index (χ2v) is 4.45. The molecule has 20 heavy (non-hydrogen) atoms. The average Bonchev–Trinajstić information content (AvgIpc) is 2.44. The Morgan fingerprint density at radius 3 is 2.70 bits per heavy atom. The third kappa shape index (κ3) is 4.02. The van der Waals surface area contributed by atoms with E-state index in [0.29, 0.717) is 11.4 Å². The van der Waals surface area contributed by atoms with Gasteiger partial charge in [-0.15, -0.1) is 0 Å². The lowest BCUT2D eigenvalue weighted by molar-refractivity contribution is -0.147. The van der Waals surface area contributed by atoms with Crippen molar-refractivity contribution in [3.8, 4) is 5.75 Å². The third-order valence-corrected chi connectivity index (χ3v) is 2.86. The fourth-order valence-electron chi connectivity index (χ4n) is 1.72. The van der Waals surface area contributed by atoms with Crippen LogP contribution < -0.4 is 10.5 Å². The van der Waals surface area contributed by atoms with E-state index in [4.69, 9.17) is 15.2 Å². The van der Waals surface area contributed by atoms with Crippen LogP contribution in [0, 0.1) is 6.92 Å². The number of anilines is 1. The number of hydrogen-bond donors (Lipinski definition) is 1. The zero-order valence-electron chi connectivity index (χ0n) is 11.3. The Morgan fingerprint density at radius 2 is 1.95 bits per heavy atom. The van der Waals surface area contributed by atoms with Gasteiger partial charge in [0.05, 0.1) is 0 Å². The van der Waals surface area contributed by atoms with Crippen molar-refractivity contribution in [2.45, 2.75) is 13.5 Å². The van der Waals surface area contributed by atoms with Gasteiger partial charge in [0, 0.05) is 11.8 Å². The van der Waals surface area contributed by atoms with Crippen molar-refractivity contribution in [2.24, 2.45) is 0 Å². The molecule has 0 saturated carbocycles. The lowest BCUT2D eigenvalue weighted by atomic mass is 10.1. The molecule has 0 bridgehead atoms. The van der Waals surface area contributed by atoms with Gasteiger partial charge >= 0.3 is 5.97 Å². The topological polar surface area (TPSA) is 61.5 Å². The molecule has 0 spiro atoms. The molecule has 4 nitrogen and oxygen atoms in total. The smallest absolute Gasteiger partial charge is 0.344 e. The molecular formula is C16H17NO3. The maximum atomic E-state index is 11.6. The van der Waals surface area contributed by atoms with Gasteiger partial charge in [-0.1, -0.05) is 30.3 Å². The summed E-state index contributed by atoms with van der Waals surface area (Å²) in [4.78, 5) is 11.6. The Kier molecular flexibility index (Phi) is 4.60. The number of esters is 1. The Bertz CT molecular complexity index is 596. The molecule has 0 heterocycles. The van der Waals surface area contributed by atoms with Gasteiger partial charge in [-0.3, -0.25) is 0 Å². The van der Waals surface area contributed by atoms with E-state index >= 15 is 0 Å². The maximum Gasteiger partial charge on any atom is 0.344 e. The van der Waals surface area contributed by atoms with E-state index in [1.165, 1.54) is 0 Å². The van der Waals surface area contributed by atoms with Crippen molar-refractivity contribution < 1.29 is 14.3 Å². The molecule has 0 aliphatic heterocycles. The molecule has 0 unspecified atom stereocenters. The van der Waals surface area contributed by atoms with Crippen LogP contribution in [0.25, 0.3) is 0 Å². The number of rotatable bonds is 5. The molecule has 0 aromatic heterocycles. The highest BCUT2D eigenvalue weighted by Gasteiger charge is 2.06. The number of hydrogen-bond acceptors (Lipinski definition) is 4. The van der Waals surface area contributed by atoms with Crippen molar-refractivity contribution >= 4 is 11.7 Å². The molecule has 2 rings (SSSR count). The van der Waals surface area contributed by atoms with E-state index < -0.39 is 5.97 Å². The molecule has 2 aromatic rings. The summed E-state index contributed by atoms with van der Waals surface area (Å²) in [6.07, 6.45) is 0. The van der Waals surface area contributed by atoms with Gasteiger partial charge in [0.2, 0.25) is 0 Å². The van der Waals surface area contributed by atoms with E-state index in [9.17, 15) is 4.79 Å². The van der Waals surface area contributed by atoms with Gasteiger partial charge in [-0.2, -0.15) is 0 Å². The standard InChI is InChI=1S/C16H17NO3/c1-12-5-2-3-6-13(12)10-20-16(18)11-19-15-8-4-7-14(17)9-15/h2-9H,10-11,17H2,1H3. The molecule has 0 aliphatic rings. The SMILES string of the molecule is Cc1ccccc1COC(=O)COc1cccc(N)c1. The lowest BCUT2D eigenvalue weighted by Crippen LogP contribution is -2.15. The first-order valence-corrected chi connectivity index (χ1v) is 6.33. The van der Waals surface area contributed by atoms with Crippen LogP contribution in [0.3, 0.4) is 0 Å². The maximum absolute atomic E-state index is 11.6. The minimum Gasteiger partial charge on any atom is -0.482 e. The van der Waals surface area contributed by atoms with Crippen LogP contribution >= 0.6 is 0 Å². The highest BCUT2D eigenvalue weighted by Crippen LogP contribution is 2.14. The number of nitrogen functional groups attached to an aromatic ring is 1. The number of benzene rings is 2. The summed E-state index contributed by atoms with van der Waals surface area (Å²) in [5.41, 5.74) is 8.30. The van der Waals surface area contributed by atoms with E-state index in [0.717, 1.165) is 11.1 Å². The summed E-state index contributed by atoms with van der Waals surface area (Å²) in [5.74, 6) is 0.147. The Labute approximate surface area is 118 Å². The average molecular weight is 271 g/mol. The van der Waals surface area contributed by atoms with Crippen molar-refractivity contribution in [1.82, 2.24) is 0 Å². The van der Waals surface area contributed by atoms with E-state index in [2.05, 4.69) is 0 Å². The molecule has 0 aliphatic carbocycles. The monoisotopic (exact) mass is 271 g/mol. The van der Waals surface area contributed by atoms with Crippen LogP contribution in [0.15, 0.2) is 48.5 Å². The molecule has 4 heteroatoms. The number of carbonyl (C=O) groups excluding carboxylic acids is 1. The van der Waals surface area contributed by atoms with E-state index in [1.807, 2.05) is 31.2 Å². The zero-order valence-corrected chi connectivity index (χ0v) is 11.3. The molecule has 0 saturated heterocycles. The summed E-state index contributed by atoms with van der Waals surface area (Å²) >= 11 is 0. The predicted molar refractivity (Wildman–Crippen MR) is 77.3 cm³/mol. The van der Waals surface area contributed by atoms with Crippen molar-refractivity contribution in [3.63, 3.8) is 0 Å². The summed E-state index contributed by atoms with van der Waals surface area (Å²) < 4.78 is 10.5. The van der Waals surface area contributed by atoms with Crippen molar-refractivity contribution in [3.05, 3.63) is 59.7 Å². The van der Waals surface area contributed by atoms with Crippen LogP contribution in [0.4, 0.5) is 5.69 Å². The molecule has 0 radical (unpaired) electrons. The Hall–Kier alpha value is -2.49. The highest BCUT2D eigenvalue weighted by molar-refractivity contribution is 5.71. The number of carbonyl (C=O) groups is 1. The minimum atomic E-state index is -0.407. The first kappa shape index (κ1) is 13.9. The van der Waals surface area contributed by atoms with Gasteiger partial charge < -0.3 is 15.2 Å². The summed E-state index contributed by atoms with van der Waals surface area (Å²) in [5, 5.41) is 0. The number of nitrogens with two attached hydrogens (primary N) is 1. The van der Waals surface area contributed by atoms with Gasteiger partial charge in [0.25, 0.3) is 0 Å². The fraction of sp³-hybridized carbons (Fsp3) is 0.188. The zero-order chi connectivity index (χ0) is 14.4. The predicted octanol–water partition coefficient (Wildman–Crippen LogP) is 2.70. The molecule has 0 atom stereocenters. The summed E-state index contributed by atoms with van der Waals surface area (Å²) in [7, 11) is 0. The third-order valence-electron chi connectivity index (χ3n) is 2.86. The van der Waals surface area contributed by atoms with Gasteiger partial charge in [-0.05, 0) is 30.2 Å². The highest BCUT2D eigenvalue weighted by atomic mass is 16.6.